The second kappa shape index (κ2) is 7.85. The molecule has 1 saturated heterocycles. The van der Waals surface area contributed by atoms with Crippen LogP contribution in [0.2, 0.25) is 0 Å². The van der Waals surface area contributed by atoms with Gasteiger partial charge in [0.05, 0.1) is 7.11 Å². The van der Waals surface area contributed by atoms with E-state index >= 15 is 0 Å². The van der Waals surface area contributed by atoms with Crippen LogP contribution >= 0.6 is 0 Å². The molecule has 2 atom stereocenters. The van der Waals surface area contributed by atoms with Crippen LogP contribution in [0.4, 0.5) is 4.79 Å². The summed E-state index contributed by atoms with van der Waals surface area (Å²) in [7, 11) is 1.61. The Bertz CT molecular complexity index is 1050. The van der Waals surface area contributed by atoms with Crippen molar-refractivity contribution in [1.82, 2.24) is 10.3 Å². The molecule has 0 radical (unpaired) electrons. The van der Waals surface area contributed by atoms with Gasteiger partial charge in [0, 0.05) is 23.5 Å². The predicted octanol–water partition coefficient (Wildman–Crippen LogP) is 4.01. The lowest BCUT2D eigenvalue weighted by Gasteiger charge is -2.19. The molecule has 0 spiro atoms. The van der Waals surface area contributed by atoms with Gasteiger partial charge in [-0.2, -0.15) is 0 Å². The minimum Gasteiger partial charge on any atom is -0.497 e. The Balaban J connectivity index is 1.71. The SMILES string of the molecule is COc1cccc([C@H]2OC(=O)N[C@@H]2c2ccccc2C#Cc2ccncc2)c1. The first kappa shape index (κ1) is 17.6. The Kier molecular flexibility index (Phi) is 4.94. The lowest BCUT2D eigenvalue weighted by Crippen LogP contribution is -2.20. The van der Waals surface area contributed by atoms with Crippen LogP contribution in [-0.4, -0.2) is 18.2 Å². The zero-order valence-electron chi connectivity index (χ0n) is 15.3. The van der Waals surface area contributed by atoms with E-state index in [4.69, 9.17) is 9.47 Å². The number of rotatable bonds is 3. The van der Waals surface area contributed by atoms with E-state index in [1.165, 1.54) is 0 Å². The van der Waals surface area contributed by atoms with E-state index in [9.17, 15) is 4.79 Å². The molecule has 0 unspecified atom stereocenters. The fourth-order valence-electron chi connectivity index (χ4n) is 3.20. The van der Waals surface area contributed by atoms with Gasteiger partial charge in [-0.05, 0) is 41.5 Å². The number of carbonyl (C=O) groups excluding carboxylic acids is 1. The van der Waals surface area contributed by atoms with Crippen LogP contribution < -0.4 is 10.1 Å². The third-order valence-corrected chi connectivity index (χ3v) is 4.55. The summed E-state index contributed by atoms with van der Waals surface area (Å²) in [5.41, 5.74) is 3.48. The Morgan fingerprint density at radius 3 is 2.68 bits per heavy atom. The molecule has 5 nitrogen and oxygen atoms in total. The molecule has 5 heteroatoms. The summed E-state index contributed by atoms with van der Waals surface area (Å²) in [6, 6.07) is 18.7. The topological polar surface area (TPSA) is 60.5 Å². The van der Waals surface area contributed by atoms with E-state index in [2.05, 4.69) is 22.1 Å². The molecule has 1 aliphatic rings. The van der Waals surface area contributed by atoms with Crippen molar-refractivity contribution >= 4 is 6.09 Å². The quantitative estimate of drug-likeness (QED) is 0.708. The number of pyridine rings is 1. The van der Waals surface area contributed by atoms with Crippen LogP contribution in [0.3, 0.4) is 0 Å². The Morgan fingerprint density at radius 1 is 1.04 bits per heavy atom. The van der Waals surface area contributed by atoms with E-state index < -0.39 is 12.2 Å². The molecular weight excluding hydrogens is 352 g/mol. The molecule has 3 aromatic rings. The van der Waals surface area contributed by atoms with Gasteiger partial charge in [0.25, 0.3) is 0 Å². The summed E-state index contributed by atoms with van der Waals surface area (Å²) in [5.74, 6) is 7.06. The van der Waals surface area contributed by atoms with Gasteiger partial charge in [-0.3, -0.25) is 4.98 Å². The molecule has 28 heavy (non-hydrogen) atoms. The molecule has 1 fully saturated rings. The van der Waals surface area contributed by atoms with Gasteiger partial charge in [0.2, 0.25) is 0 Å². The number of methoxy groups -OCH3 is 1. The summed E-state index contributed by atoms with van der Waals surface area (Å²) in [5, 5.41) is 2.92. The number of hydrogen-bond acceptors (Lipinski definition) is 4. The molecule has 2 heterocycles. The fraction of sp³-hybridized carbons (Fsp3) is 0.130. The normalized spacial score (nSPS) is 17.8. The highest BCUT2D eigenvalue weighted by Gasteiger charge is 2.37. The zero-order chi connectivity index (χ0) is 19.3. The van der Waals surface area contributed by atoms with Crippen molar-refractivity contribution in [3.8, 4) is 17.6 Å². The minimum atomic E-state index is -0.466. The van der Waals surface area contributed by atoms with E-state index in [1.54, 1.807) is 19.5 Å². The molecule has 0 aliphatic carbocycles. The van der Waals surface area contributed by atoms with Crippen LogP contribution in [0.25, 0.3) is 0 Å². The third-order valence-electron chi connectivity index (χ3n) is 4.55. The Labute approximate surface area is 163 Å². The van der Waals surface area contributed by atoms with Gasteiger partial charge in [0.1, 0.15) is 11.8 Å². The van der Waals surface area contributed by atoms with Crippen LogP contribution in [0, 0.1) is 11.8 Å². The highest BCUT2D eigenvalue weighted by molar-refractivity contribution is 5.71. The number of nitrogens with one attached hydrogen (secondary N) is 1. The number of ether oxygens (including phenoxy) is 2. The van der Waals surface area contributed by atoms with Crippen molar-refractivity contribution in [2.75, 3.05) is 7.11 Å². The first-order chi connectivity index (χ1) is 13.7. The van der Waals surface area contributed by atoms with E-state index in [0.29, 0.717) is 5.75 Å². The fourth-order valence-corrected chi connectivity index (χ4v) is 3.20. The Hall–Kier alpha value is -3.78. The lowest BCUT2D eigenvalue weighted by molar-refractivity contribution is 0.132. The van der Waals surface area contributed by atoms with Crippen molar-refractivity contribution < 1.29 is 14.3 Å². The van der Waals surface area contributed by atoms with E-state index in [-0.39, 0.29) is 6.04 Å². The van der Waals surface area contributed by atoms with Gasteiger partial charge < -0.3 is 14.8 Å². The smallest absolute Gasteiger partial charge is 0.408 e. The van der Waals surface area contributed by atoms with Crippen LogP contribution in [0.5, 0.6) is 5.75 Å². The summed E-state index contributed by atoms with van der Waals surface area (Å²) in [4.78, 5) is 16.1. The van der Waals surface area contributed by atoms with Gasteiger partial charge in [-0.25, -0.2) is 4.79 Å². The van der Waals surface area contributed by atoms with Crippen molar-refractivity contribution in [2.24, 2.45) is 0 Å². The summed E-state index contributed by atoms with van der Waals surface area (Å²) in [6.45, 7) is 0. The monoisotopic (exact) mass is 370 g/mol. The first-order valence-corrected chi connectivity index (χ1v) is 8.86. The number of amides is 1. The number of alkyl carbamates (subject to hydrolysis) is 1. The number of hydrogen-bond donors (Lipinski definition) is 1. The maximum Gasteiger partial charge on any atom is 0.408 e. The molecule has 1 aromatic heterocycles. The maximum absolute atomic E-state index is 12.0. The first-order valence-electron chi connectivity index (χ1n) is 8.86. The molecule has 2 aromatic carbocycles. The standard InChI is InChI=1S/C23H18N2O3/c1-27-19-7-4-6-18(15-19)22-21(25-23(26)28-22)20-8-3-2-5-17(20)10-9-16-11-13-24-14-12-16/h2-8,11-15,21-22H,1H3,(H,25,26)/t21-,22-/m1/s1. The predicted molar refractivity (Wildman–Crippen MR) is 105 cm³/mol. The third kappa shape index (κ3) is 3.67. The van der Waals surface area contributed by atoms with Crippen LogP contribution in [-0.2, 0) is 4.74 Å². The second-order valence-electron chi connectivity index (χ2n) is 6.30. The summed E-state index contributed by atoms with van der Waals surface area (Å²) >= 11 is 0. The number of carbonyl (C=O) groups is 1. The summed E-state index contributed by atoms with van der Waals surface area (Å²) in [6.07, 6.45) is 2.50. The van der Waals surface area contributed by atoms with E-state index in [0.717, 1.165) is 22.3 Å². The summed E-state index contributed by atoms with van der Waals surface area (Å²) < 4.78 is 10.9. The molecular formula is C23H18N2O3. The van der Waals surface area contributed by atoms with Crippen LogP contribution in [0.1, 0.15) is 34.4 Å². The van der Waals surface area contributed by atoms with Crippen molar-refractivity contribution in [3.63, 3.8) is 0 Å². The molecule has 138 valence electrons. The van der Waals surface area contributed by atoms with E-state index in [1.807, 2.05) is 60.7 Å². The number of nitrogens with zero attached hydrogens (tertiary/aromatic N) is 1. The van der Waals surface area contributed by atoms with Gasteiger partial charge in [0.15, 0.2) is 6.10 Å². The molecule has 0 saturated carbocycles. The average molecular weight is 370 g/mol. The van der Waals surface area contributed by atoms with Crippen molar-refractivity contribution in [2.45, 2.75) is 12.1 Å². The second-order valence-corrected chi connectivity index (χ2v) is 6.30. The molecule has 1 amide bonds. The van der Waals surface area contributed by atoms with Crippen LogP contribution in [0.15, 0.2) is 73.1 Å². The number of benzene rings is 2. The number of aromatic nitrogens is 1. The highest BCUT2D eigenvalue weighted by atomic mass is 16.6. The van der Waals surface area contributed by atoms with Gasteiger partial charge in [-0.1, -0.05) is 42.2 Å². The lowest BCUT2D eigenvalue weighted by atomic mass is 9.93. The zero-order valence-corrected chi connectivity index (χ0v) is 15.3. The Morgan fingerprint density at radius 2 is 1.86 bits per heavy atom. The van der Waals surface area contributed by atoms with Gasteiger partial charge >= 0.3 is 6.09 Å². The van der Waals surface area contributed by atoms with Crippen molar-refractivity contribution in [3.05, 3.63) is 95.3 Å². The minimum absolute atomic E-state index is 0.345. The largest absolute Gasteiger partial charge is 0.497 e. The number of cyclic esters (lactones) is 1. The average Bonchev–Trinajstić information content (AvgIpc) is 3.15. The van der Waals surface area contributed by atoms with Crippen molar-refractivity contribution in [1.29, 1.82) is 0 Å². The molecule has 0 bridgehead atoms. The van der Waals surface area contributed by atoms with Gasteiger partial charge in [-0.15, -0.1) is 0 Å². The highest BCUT2D eigenvalue weighted by Crippen LogP contribution is 2.38. The molecule has 4 rings (SSSR count). The maximum atomic E-state index is 12.0. The molecule has 1 N–H and O–H groups in total. The molecule has 1 aliphatic heterocycles.